The molecule has 0 saturated carbocycles. The van der Waals surface area contributed by atoms with E-state index < -0.39 is 5.69 Å². The first-order valence-electron chi connectivity index (χ1n) is 9.69. The number of aromatic nitrogens is 4. The first-order chi connectivity index (χ1) is 14.4. The molecule has 4 aromatic rings. The normalized spacial score (nSPS) is 11.2. The molecule has 0 amide bonds. The molecule has 0 saturated heterocycles. The zero-order chi connectivity index (χ0) is 21.4. The van der Waals surface area contributed by atoms with Gasteiger partial charge in [-0.15, -0.1) is 0 Å². The van der Waals surface area contributed by atoms with Crippen LogP contribution in [0, 0.1) is 18.3 Å². The predicted molar refractivity (Wildman–Crippen MR) is 115 cm³/mol. The summed E-state index contributed by atoms with van der Waals surface area (Å²) in [5, 5.41) is 9.15. The van der Waals surface area contributed by atoms with Crippen molar-refractivity contribution in [3.8, 4) is 11.8 Å². The molecule has 0 fully saturated rings. The highest BCUT2D eigenvalue weighted by molar-refractivity contribution is 5.72. The quantitative estimate of drug-likeness (QED) is 0.528. The highest BCUT2D eigenvalue weighted by Crippen LogP contribution is 2.16. The van der Waals surface area contributed by atoms with Gasteiger partial charge in [0.1, 0.15) is 0 Å². The van der Waals surface area contributed by atoms with Crippen LogP contribution in [-0.4, -0.2) is 18.7 Å². The highest BCUT2D eigenvalue weighted by atomic mass is 16.2. The van der Waals surface area contributed by atoms with Crippen molar-refractivity contribution in [3.63, 3.8) is 0 Å². The van der Waals surface area contributed by atoms with Crippen LogP contribution in [0.15, 0.2) is 64.4 Å². The standard InChI is InChI=1S/C23H21N5O2/c1-15(2)27-22(29)20-21(28(23(27)30)19-9-7-16(3)8-10-19)25-14-26(20)13-18-6-4-5-17(11-18)12-24/h4-11,14-15H,13H2,1-3H3. The summed E-state index contributed by atoms with van der Waals surface area (Å²) in [6, 6.07) is 16.6. The second kappa shape index (κ2) is 7.48. The van der Waals surface area contributed by atoms with Crippen molar-refractivity contribution in [3.05, 3.63) is 92.4 Å². The number of hydrogen-bond acceptors (Lipinski definition) is 4. The fourth-order valence-corrected chi connectivity index (χ4v) is 3.59. The van der Waals surface area contributed by atoms with Gasteiger partial charge in [-0.05, 0) is 50.6 Å². The summed E-state index contributed by atoms with van der Waals surface area (Å²) >= 11 is 0. The summed E-state index contributed by atoms with van der Waals surface area (Å²) in [6.45, 7) is 5.96. The summed E-state index contributed by atoms with van der Waals surface area (Å²) < 4.78 is 4.47. The topological polar surface area (TPSA) is 85.6 Å². The van der Waals surface area contributed by atoms with Crippen LogP contribution >= 0.6 is 0 Å². The van der Waals surface area contributed by atoms with E-state index in [4.69, 9.17) is 5.26 Å². The Kier molecular flexibility index (Phi) is 4.84. The molecular formula is C23H21N5O2. The molecule has 2 aromatic heterocycles. The van der Waals surface area contributed by atoms with Gasteiger partial charge in [-0.2, -0.15) is 5.26 Å². The lowest BCUT2D eigenvalue weighted by Crippen LogP contribution is -2.41. The van der Waals surface area contributed by atoms with Gasteiger partial charge in [0.2, 0.25) is 0 Å². The smallest absolute Gasteiger partial charge is 0.320 e. The van der Waals surface area contributed by atoms with Crippen LogP contribution in [0.25, 0.3) is 16.9 Å². The Hall–Kier alpha value is -3.92. The van der Waals surface area contributed by atoms with Crippen LogP contribution in [0.1, 0.15) is 36.6 Å². The molecule has 0 unspecified atom stereocenters. The monoisotopic (exact) mass is 399 g/mol. The van der Waals surface area contributed by atoms with Gasteiger partial charge < -0.3 is 4.57 Å². The number of imidazole rings is 1. The Labute approximate surface area is 173 Å². The molecule has 0 bridgehead atoms. The molecule has 0 aliphatic rings. The van der Waals surface area contributed by atoms with E-state index >= 15 is 0 Å². The molecule has 2 heterocycles. The molecule has 7 heteroatoms. The van der Waals surface area contributed by atoms with E-state index in [0.717, 1.165) is 11.1 Å². The third-order valence-electron chi connectivity index (χ3n) is 5.07. The minimum atomic E-state index is -0.414. The van der Waals surface area contributed by atoms with E-state index in [1.54, 1.807) is 23.0 Å². The SMILES string of the molecule is Cc1ccc(-n2c(=O)n(C(C)C)c(=O)c3c2ncn3Cc2cccc(C#N)c2)cc1. The predicted octanol–water partition coefficient (Wildman–Crippen LogP) is 3.16. The maximum atomic E-state index is 13.3. The molecule has 0 aliphatic heterocycles. The van der Waals surface area contributed by atoms with Crippen LogP contribution in [-0.2, 0) is 6.54 Å². The van der Waals surface area contributed by atoms with Crippen LogP contribution in [0.5, 0.6) is 0 Å². The number of rotatable bonds is 4. The van der Waals surface area contributed by atoms with Crippen molar-refractivity contribution in [1.29, 1.82) is 5.26 Å². The van der Waals surface area contributed by atoms with Crippen molar-refractivity contribution >= 4 is 11.2 Å². The third kappa shape index (κ3) is 3.22. The van der Waals surface area contributed by atoms with E-state index in [-0.39, 0.29) is 11.6 Å². The summed E-state index contributed by atoms with van der Waals surface area (Å²) in [5.41, 5.74) is 3.04. The van der Waals surface area contributed by atoms with Crippen molar-refractivity contribution in [2.75, 3.05) is 0 Å². The van der Waals surface area contributed by atoms with E-state index in [0.29, 0.717) is 29.0 Å². The Bertz CT molecular complexity index is 1400. The Morgan fingerprint density at radius 2 is 1.83 bits per heavy atom. The van der Waals surface area contributed by atoms with Crippen LogP contribution in [0.4, 0.5) is 0 Å². The molecule has 7 nitrogen and oxygen atoms in total. The van der Waals surface area contributed by atoms with E-state index in [2.05, 4.69) is 11.1 Å². The number of nitrogens with zero attached hydrogens (tertiary/aromatic N) is 5. The largest absolute Gasteiger partial charge is 0.337 e. The number of nitriles is 1. The number of hydrogen-bond donors (Lipinski definition) is 0. The van der Waals surface area contributed by atoms with E-state index in [1.807, 2.05) is 57.2 Å². The lowest BCUT2D eigenvalue weighted by molar-refractivity contribution is 0.539. The number of aryl methyl sites for hydroxylation is 1. The fourth-order valence-electron chi connectivity index (χ4n) is 3.59. The van der Waals surface area contributed by atoms with Crippen molar-refractivity contribution in [2.24, 2.45) is 0 Å². The van der Waals surface area contributed by atoms with Gasteiger partial charge in [-0.3, -0.25) is 9.36 Å². The lowest BCUT2D eigenvalue weighted by atomic mass is 10.1. The average Bonchev–Trinajstić information content (AvgIpc) is 3.13. The lowest BCUT2D eigenvalue weighted by Gasteiger charge is -2.15. The first kappa shape index (κ1) is 19.4. The number of benzene rings is 2. The Morgan fingerprint density at radius 1 is 1.10 bits per heavy atom. The summed E-state index contributed by atoms with van der Waals surface area (Å²) in [7, 11) is 0. The molecule has 150 valence electrons. The summed E-state index contributed by atoms with van der Waals surface area (Å²) in [4.78, 5) is 30.9. The molecule has 0 N–H and O–H groups in total. The summed E-state index contributed by atoms with van der Waals surface area (Å²) in [6.07, 6.45) is 1.57. The molecule has 0 spiro atoms. The molecule has 0 aliphatic carbocycles. The van der Waals surface area contributed by atoms with Gasteiger partial charge in [-0.1, -0.05) is 29.8 Å². The van der Waals surface area contributed by atoms with Gasteiger partial charge in [0, 0.05) is 12.6 Å². The van der Waals surface area contributed by atoms with Crippen molar-refractivity contribution in [1.82, 2.24) is 18.7 Å². The highest BCUT2D eigenvalue weighted by Gasteiger charge is 2.20. The van der Waals surface area contributed by atoms with E-state index in [1.165, 1.54) is 9.13 Å². The molecule has 2 aromatic carbocycles. The summed E-state index contributed by atoms with van der Waals surface area (Å²) in [5.74, 6) is 0. The van der Waals surface area contributed by atoms with Gasteiger partial charge in [0.15, 0.2) is 11.2 Å². The Balaban J connectivity index is 1.99. The average molecular weight is 399 g/mol. The Morgan fingerprint density at radius 3 is 2.50 bits per heavy atom. The van der Waals surface area contributed by atoms with E-state index in [9.17, 15) is 9.59 Å². The van der Waals surface area contributed by atoms with Gasteiger partial charge in [0.25, 0.3) is 5.56 Å². The van der Waals surface area contributed by atoms with Crippen LogP contribution in [0.3, 0.4) is 0 Å². The second-order valence-corrected chi connectivity index (χ2v) is 7.58. The maximum absolute atomic E-state index is 13.3. The van der Waals surface area contributed by atoms with Crippen molar-refractivity contribution in [2.45, 2.75) is 33.4 Å². The molecule has 0 radical (unpaired) electrons. The minimum Gasteiger partial charge on any atom is -0.320 e. The maximum Gasteiger partial charge on any atom is 0.337 e. The molecule has 4 rings (SSSR count). The van der Waals surface area contributed by atoms with Crippen LogP contribution in [0.2, 0.25) is 0 Å². The molecule has 0 atom stereocenters. The molecular weight excluding hydrogens is 378 g/mol. The first-order valence-corrected chi connectivity index (χ1v) is 9.69. The van der Waals surface area contributed by atoms with Gasteiger partial charge in [0.05, 0.1) is 23.6 Å². The fraction of sp³-hybridized carbons (Fsp3) is 0.217. The third-order valence-corrected chi connectivity index (χ3v) is 5.07. The minimum absolute atomic E-state index is 0.309. The number of fused-ring (bicyclic) bond motifs is 1. The molecule has 30 heavy (non-hydrogen) atoms. The van der Waals surface area contributed by atoms with Gasteiger partial charge >= 0.3 is 5.69 Å². The van der Waals surface area contributed by atoms with Gasteiger partial charge in [-0.25, -0.2) is 14.3 Å². The zero-order valence-corrected chi connectivity index (χ0v) is 17.0. The van der Waals surface area contributed by atoms with Crippen molar-refractivity contribution < 1.29 is 0 Å². The van der Waals surface area contributed by atoms with Crippen LogP contribution < -0.4 is 11.2 Å². The zero-order valence-electron chi connectivity index (χ0n) is 17.0. The second-order valence-electron chi connectivity index (χ2n) is 7.58.